The van der Waals surface area contributed by atoms with Crippen molar-refractivity contribution >= 4 is 5.91 Å². The van der Waals surface area contributed by atoms with E-state index in [9.17, 15) is 4.79 Å². The van der Waals surface area contributed by atoms with Gasteiger partial charge in [0.2, 0.25) is 5.91 Å². The molecule has 0 bridgehead atoms. The summed E-state index contributed by atoms with van der Waals surface area (Å²) in [7, 11) is 0. The van der Waals surface area contributed by atoms with Gasteiger partial charge >= 0.3 is 0 Å². The Bertz CT molecular complexity index is 245. The first-order chi connectivity index (χ1) is 8.84. The molecule has 18 heavy (non-hydrogen) atoms. The van der Waals surface area contributed by atoms with Gasteiger partial charge in [0.05, 0.1) is 6.54 Å². The molecule has 2 saturated carbocycles. The summed E-state index contributed by atoms with van der Waals surface area (Å²) >= 11 is 0. The highest BCUT2D eigenvalue weighted by molar-refractivity contribution is 5.77. The van der Waals surface area contributed by atoms with E-state index >= 15 is 0 Å². The van der Waals surface area contributed by atoms with Crippen LogP contribution in [0.15, 0.2) is 0 Å². The first-order valence-corrected chi connectivity index (χ1v) is 7.82. The van der Waals surface area contributed by atoms with E-state index in [0.29, 0.717) is 6.54 Å². The molecule has 0 radical (unpaired) electrons. The monoisotopic (exact) mass is 252 g/mol. The van der Waals surface area contributed by atoms with E-state index in [1.165, 1.54) is 51.4 Å². The molecule has 0 atom stereocenters. The Morgan fingerprint density at radius 2 is 1.78 bits per heavy atom. The molecule has 2 aliphatic rings. The van der Waals surface area contributed by atoms with Gasteiger partial charge in [0, 0.05) is 6.54 Å². The van der Waals surface area contributed by atoms with Gasteiger partial charge in [-0.05, 0) is 37.6 Å². The standard InChI is InChI=1S/C15H28N2O/c18-15(12-16-11-14-8-9-14)17-10-4-3-7-13-5-1-2-6-13/h13-14,16H,1-12H2,(H,17,18). The molecule has 104 valence electrons. The second-order valence-corrected chi connectivity index (χ2v) is 6.07. The lowest BCUT2D eigenvalue weighted by molar-refractivity contribution is -0.120. The van der Waals surface area contributed by atoms with E-state index in [1.807, 2.05) is 0 Å². The summed E-state index contributed by atoms with van der Waals surface area (Å²) in [5, 5.41) is 6.22. The normalized spacial score (nSPS) is 20.2. The second kappa shape index (κ2) is 7.78. The molecular weight excluding hydrogens is 224 g/mol. The molecule has 2 rings (SSSR count). The Hall–Kier alpha value is -0.570. The van der Waals surface area contributed by atoms with Crippen LogP contribution < -0.4 is 10.6 Å². The molecule has 2 aliphatic carbocycles. The van der Waals surface area contributed by atoms with Gasteiger partial charge in [-0.15, -0.1) is 0 Å². The van der Waals surface area contributed by atoms with Gasteiger partial charge in [-0.2, -0.15) is 0 Å². The Kier molecular flexibility index (Phi) is 5.98. The molecule has 0 heterocycles. The molecule has 0 aromatic carbocycles. The van der Waals surface area contributed by atoms with Crippen molar-refractivity contribution in [2.75, 3.05) is 19.6 Å². The quantitative estimate of drug-likeness (QED) is 0.619. The molecule has 0 unspecified atom stereocenters. The van der Waals surface area contributed by atoms with Crippen LogP contribution >= 0.6 is 0 Å². The van der Waals surface area contributed by atoms with E-state index < -0.39 is 0 Å². The third kappa shape index (κ3) is 5.85. The molecule has 0 aliphatic heterocycles. The predicted octanol–water partition coefficient (Wildman–Crippen LogP) is 2.46. The van der Waals surface area contributed by atoms with E-state index in [-0.39, 0.29) is 5.91 Å². The van der Waals surface area contributed by atoms with Crippen LogP contribution in [0, 0.1) is 11.8 Å². The highest BCUT2D eigenvalue weighted by atomic mass is 16.1. The molecular formula is C15H28N2O. The Balaban J connectivity index is 1.36. The Morgan fingerprint density at radius 1 is 1.00 bits per heavy atom. The van der Waals surface area contributed by atoms with Crippen molar-refractivity contribution in [3.8, 4) is 0 Å². The molecule has 0 aromatic rings. The van der Waals surface area contributed by atoms with Crippen LogP contribution in [-0.4, -0.2) is 25.5 Å². The molecule has 0 saturated heterocycles. The summed E-state index contributed by atoms with van der Waals surface area (Å²) in [6, 6.07) is 0. The van der Waals surface area contributed by atoms with Gasteiger partial charge in [0.1, 0.15) is 0 Å². The van der Waals surface area contributed by atoms with Gasteiger partial charge in [-0.1, -0.05) is 38.5 Å². The highest BCUT2D eigenvalue weighted by Crippen LogP contribution is 2.28. The summed E-state index contributed by atoms with van der Waals surface area (Å²) in [5.41, 5.74) is 0. The van der Waals surface area contributed by atoms with Crippen LogP contribution in [-0.2, 0) is 4.79 Å². The zero-order valence-electron chi connectivity index (χ0n) is 11.5. The smallest absolute Gasteiger partial charge is 0.233 e. The molecule has 3 heteroatoms. The lowest BCUT2D eigenvalue weighted by atomic mass is 10.0. The largest absolute Gasteiger partial charge is 0.355 e. The van der Waals surface area contributed by atoms with Crippen molar-refractivity contribution in [1.82, 2.24) is 10.6 Å². The van der Waals surface area contributed by atoms with E-state index in [4.69, 9.17) is 0 Å². The highest BCUT2D eigenvalue weighted by Gasteiger charge is 2.20. The first-order valence-electron chi connectivity index (χ1n) is 7.82. The maximum atomic E-state index is 11.5. The number of rotatable bonds is 9. The van der Waals surface area contributed by atoms with Gasteiger partial charge in [0.15, 0.2) is 0 Å². The number of hydrogen-bond acceptors (Lipinski definition) is 2. The SMILES string of the molecule is O=C(CNCC1CC1)NCCCCC1CCCC1. The maximum absolute atomic E-state index is 11.5. The average Bonchev–Trinajstić information content (AvgIpc) is 3.03. The van der Waals surface area contributed by atoms with E-state index in [0.717, 1.165) is 31.3 Å². The van der Waals surface area contributed by atoms with Crippen LogP contribution in [0.25, 0.3) is 0 Å². The molecule has 0 aromatic heterocycles. The zero-order valence-corrected chi connectivity index (χ0v) is 11.5. The summed E-state index contributed by atoms with van der Waals surface area (Å²) in [6.07, 6.45) is 12.2. The molecule has 0 spiro atoms. The average molecular weight is 252 g/mol. The molecule has 2 fully saturated rings. The fourth-order valence-corrected chi connectivity index (χ4v) is 2.86. The molecule has 2 N–H and O–H groups in total. The van der Waals surface area contributed by atoms with Crippen molar-refractivity contribution in [3.63, 3.8) is 0 Å². The van der Waals surface area contributed by atoms with Crippen LogP contribution in [0.3, 0.4) is 0 Å². The molecule has 3 nitrogen and oxygen atoms in total. The van der Waals surface area contributed by atoms with Crippen molar-refractivity contribution in [2.45, 2.75) is 57.8 Å². The summed E-state index contributed by atoms with van der Waals surface area (Å²) in [4.78, 5) is 11.5. The van der Waals surface area contributed by atoms with Crippen molar-refractivity contribution < 1.29 is 4.79 Å². The number of amides is 1. The minimum Gasteiger partial charge on any atom is -0.355 e. The van der Waals surface area contributed by atoms with Crippen molar-refractivity contribution in [1.29, 1.82) is 0 Å². The maximum Gasteiger partial charge on any atom is 0.233 e. The second-order valence-electron chi connectivity index (χ2n) is 6.07. The number of hydrogen-bond donors (Lipinski definition) is 2. The summed E-state index contributed by atoms with van der Waals surface area (Å²) < 4.78 is 0. The Labute approximate surface area is 111 Å². The summed E-state index contributed by atoms with van der Waals surface area (Å²) in [5.74, 6) is 2.00. The third-order valence-electron chi connectivity index (χ3n) is 4.25. The number of nitrogens with one attached hydrogen (secondary N) is 2. The lowest BCUT2D eigenvalue weighted by Crippen LogP contribution is -2.35. The van der Waals surface area contributed by atoms with E-state index in [2.05, 4.69) is 10.6 Å². The van der Waals surface area contributed by atoms with Gasteiger partial charge in [-0.25, -0.2) is 0 Å². The van der Waals surface area contributed by atoms with Gasteiger partial charge in [-0.3, -0.25) is 4.79 Å². The van der Waals surface area contributed by atoms with Crippen molar-refractivity contribution in [3.05, 3.63) is 0 Å². The van der Waals surface area contributed by atoms with Crippen LogP contribution in [0.4, 0.5) is 0 Å². The van der Waals surface area contributed by atoms with Crippen LogP contribution in [0.5, 0.6) is 0 Å². The zero-order chi connectivity index (χ0) is 12.6. The number of carbonyl (C=O) groups is 1. The van der Waals surface area contributed by atoms with Crippen LogP contribution in [0.1, 0.15) is 57.8 Å². The number of carbonyl (C=O) groups excluding carboxylic acids is 1. The van der Waals surface area contributed by atoms with Crippen molar-refractivity contribution in [2.24, 2.45) is 11.8 Å². The minimum atomic E-state index is 0.163. The minimum absolute atomic E-state index is 0.163. The fourth-order valence-electron chi connectivity index (χ4n) is 2.86. The predicted molar refractivity (Wildman–Crippen MR) is 74.4 cm³/mol. The third-order valence-corrected chi connectivity index (χ3v) is 4.25. The topological polar surface area (TPSA) is 41.1 Å². The van der Waals surface area contributed by atoms with Crippen LogP contribution in [0.2, 0.25) is 0 Å². The van der Waals surface area contributed by atoms with Gasteiger partial charge < -0.3 is 10.6 Å². The molecule has 1 amide bonds. The van der Waals surface area contributed by atoms with E-state index in [1.54, 1.807) is 0 Å². The van der Waals surface area contributed by atoms with Gasteiger partial charge in [0.25, 0.3) is 0 Å². The Morgan fingerprint density at radius 3 is 2.50 bits per heavy atom. The number of unbranched alkanes of at least 4 members (excludes halogenated alkanes) is 1. The lowest BCUT2D eigenvalue weighted by Gasteiger charge is -2.09. The fraction of sp³-hybridized carbons (Fsp3) is 0.933. The summed E-state index contributed by atoms with van der Waals surface area (Å²) in [6.45, 7) is 2.38. The first kappa shape index (κ1) is 13.9.